The third-order valence-electron chi connectivity index (χ3n) is 3.82. The topological polar surface area (TPSA) is 56.1 Å². The molecule has 1 amide bonds. The van der Waals surface area contributed by atoms with Crippen LogP contribution in [0.3, 0.4) is 0 Å². The van der Waals surface area contributed by atoms with Gasteiger partial charge < -0.3 is 14.6 Å². The predicted octanol–water partition coefficient (Wildman–Crippen LogP) is 3.32. The summed E-state index contributed by atoms with van der Waals surface area (Å²) < 4.78 is 7.17. The number of amides is 1. The van der Waals surface area contributed by atoms with Crippen molar-refractivity contribution in [3.05, 3.63) is 69.9 Å². The van der Waals surface area contributed by atoms with Crippen LogP contribution in [0.15, 0.2) is 48.1 Å². The molecule has 1 unspecified atom stereocenters. The summed E-state index contributed by atoms with van der Waals surface area (Å²) in [4.78, 5) is 17.7. The maximum Gasteiger partial charge on any atom is 0.266 e. The van der Waals surface area contributed by atoms with Crippen molar-refractivity contribution in [2.75, 3.05) is 7.11 Å². The maximum atomic E-state index is 12.7. The Labute approximate surface area is 144 Å². The first-order chi connectivity index (χ1) is 11.6. The minimum Gasteiger partial charge on any atom is -0.495 e. The van der Waals surface area contributed by atoms with Gasteiger partial charge in [-0.15, -0.1) is 11.3 Å². The molecular weight excluding hydrogens is 322 g/mol. The monoisotopic (exact) mass is 341 g/mol. The summed E-state index contributed by atoms with van der Waals surface area (Å²) in [5, 5.41) is 4.93. The zero-order valence-electron chi connectivity index (χ0n) is 13.8. The standard InChI is InChI=1S/C18H19N3O2S/c1-12-5-4-6-13(11-12)15(17-19-8-9-21(17)2)20-18(22)16-14(23-3)7-10-24-16/h4-11,15H,1-3H3,(H,20,22). The van der Waals surface area contributed by atoms with Crippen LogP contribution in [0.1, 0.15) is 32.7 Å². The van der Waals surface area contributed by atoms with E-state index >= 15 is 0 Å². The normalized spacial score (nSPS) is 12.0. The van der Waals surface area contributed by atoms with Gasteiger partial charge in [0.05, 0.1) is 7.11 Å². The van der Waals surface area contributed by atoms with Gasteiger partial charge in [-0.25, -0.2) is 4.98 Å². The SMILES string of the molecule is COc1ccsc1C(=O)NC(c1cccc(C)c1)c1nccn1C. The van der Waals surface area contributed by atoms with Crippen LogP contribution in [0.2, 0.25) is 0 Å². The molecule has 3 rings (SSSR count). The summed E-state index contributed by atoms with van der Waals surface area (Å²) in [6.07, 6.45) is 3.60. The number of thiophene rings is 1. The number of carbonyl (C=O) groups excluding carboxylic acids is 1. The summed E-state index contributed by atoms with van der Waals surface area (Å²) in [5.41, 5.74) is 2.13. The summed E-state index contributed by atoms with van der Waals surface area (Å²) >= 11 is 1.36. The molecule has 2 heterocycles. The maximum absolute atomic E-state index is 12.7. The van der Waals surface area contributed by atoms with E-state index in [4.69, 9.17) is 4.74 Å². The van der Waals surface area contributed by atoms with Crippen LogP contribution in [0.4, 0.5) is 0 Å². The zero-order chi connectivity index (χ0) is 17.1. The number of hydrogen-bond acceptors (Lipinski definition) is 4. The summed E-state index contributed by atoms with van der Waals surface area (Å²) in [5.74, 6) is 1.20. The number of benzene rings is 1. The van der Waals surface area contributed by atoms with Crippen LogP contribution in [0, 0.1) is 6.92 Å². The minimum atomic E-state index is -0.329. The molecule has 0 bridgehead atoms. The molecule has 0 saturated heterocycles. The van der Waals surface area contributed by atoms with E-state index in [-0.39, 0.29) is 11.9 Å². The molecule has 2 aromatic heterocycles. The molecule has 1 aromatic carbocycles. The van der Waals surface area contributed by atoms with Crippen LogP contribution in [-0.2, 0) is 7.05 Å². The molecule has 0 fully saturated rings. The molecule has 0 aliphatic rings. The van der Waals surface area contributed by atoms with Gasteiger partial charge >= 0.3 is 0 Å². The Balaban J connectivity index is 1.97. The molecule has 24 heavy (non-hydrogen) atoms. The Morgan fingerprint density at radius 3 is 2.88 bits per heavy atom. The number of imidazole rings is 1. The largest absolute Gasteiger partial charge is 0.495 e. The first kappa shape index (κ1) is 16.3. The van der Waals surface area contributed by atoms with E-state index in [2.05, 4.69) is 16.4 Å². The van der Waals surface area contributed by atoms with Crippen LogP contribution in [0.5, 0.6) is 5.75 Å². The van der Waals surface area contributed by atoms with Crippen molar-refractivity contribution in [3.63, 3.8) is 0 Å². The second-order valence-corrected chi connectivity index (χ2v) is 6.45. The number of hydrogen-bond donors (Lipinski definition) is 1. The van der Waals surface area contributed by atoms with Gasteiger partial charge in [-0.1, -0.05) is 29.8 Å². The van der Waals surface area contributed by atoms with E-state index in [0.29, 0.717) is 10.6 Å². The first-order valence-electron chi connectivity index (χ1n) is 7.56. The van der Waals surface area contributed by atoms with E-state index in [1.165, 1.54) is 11.3 Å². The van der Waals surface area contributed by atoms with Gasteiger partial charge in [-0.05, 0) is 23.9 Å². The second-order valence-electron chi connectivity index (χ2n) is 5.54. The number of nitrogens with zero attached hydrogens (tertiary/aromatic N) is 2. The molecule has 5 nitrogen and oxygen atoms in total. The van der Waals surface area contributed by atoms with E-state index in [1.54, 1.807) is 19.4 Å². The molecule has 6 heteroatoms. The summed E-state index contributed by atoms with van der Waals surface area (Å²) in [7, 11) is 3.48. The van der Waals surface area contributed by atoms with Gasteiger partial charge in [0, 0.05) is 19.4 Å². The lowest BCUT2D eigenvalue weighted by atomic mass is 10.0. The molecule has 0 spiro atoms. The fourth-order valence-corrected chi connectivity index (χ4v) is 3.38. The van der Waals surface area contributed by atoms with Crippen molar-refractivity contribution in [3.8, 4) is 5.75 Å². The fourth-order valence-electron chi connectivity index (χ4n) is 2.62. The highest BCUT2D eigenvalue weighted by Crippen LogP contribution is 2.27. The van der Waals surface area contributed by atoms with Gasteiger partial charge in [-0.2, -0.15) is 0 Å². The van der Waals surface area contributed by atoms with Gasteiger partial charge in [0.2, 0.25) is 0 Å². The Bertz CT molecular complexity index is 853. The van der Waals surface area contributed by atoms with E-state index < -0.39 is 0 Å². The number of aryl methyl sites for hydroxylation is 2. The second kappa shape index (κ2) is 6.88. The highest BCUT2D eigenvalue weighted by atomic mass is 32.1. The molecule has 0 aliphatic heterocycles. The molecule has 1 atom stereocenters. The molecule has 0 saturated carbocycles. The Kier molecular flexibility index (Phi) is 4.66. The smallest absolute Gasteiger partial charge is 0.266 e. The van der Waals surface area contributed by atoms with E-state index in [0.717, 1.165) is 17.0 Å². The van der Waals surface area contributed by atoms with E-state index in [1.807, 2.05) is 48.3 Å². The highest BCUT2D eigenvalue weighted by Gasteiger charge is 2.23. The van der Waals surface area contributed by atoms with E-state index in [9.17, 15) is 4.79 Å². The highest BCUT2D eigenvalue weighted by molar-refractivity contribution is 7.12. The van der Waals surface area contributed by atoms with Crippen LogP contribution in [-0.4, -0.2) is 22.6 Å². The third-order valence-corrected chi connectivity index (χ3v) is 4.72. The van der Waals surface area contributed by atoms with Gasteiger partial charge in [0.1, 0.15) is 22.5 Å². The summed E-state index contributed by atoms with van der Waals surface area (Å²) in [6, 6.07) is 9.54. The lowest BCUT2D eigenvalue weighted by Gasteiger charge is -2.19. The zero-order valence-corrected chi connectivity index (χ0v) is 14.6. The lowest BCUT2D eigenvalue weighted by Crippen LogP contribution is -2.30. The Hall–Kier alpha value is -2.60. The minimum absolute atomic E-state index is 0.170. The molecule has 1 N–H and O–H groups in total. The first-order valence-corrected chi connectivity index (χ1v) is 8.44. The van der Waals surface area contributed by atoms with Crippen molar-refractivity contribution >= 4 is 17.2 Å². The Morgan fingerprint density at radius 1 is 1.38 bits per heavy atom. The van der Waals surface area contributed by atoms with Crippen molar-refractivity contribution in [1.29, 1.82) is 0 Å². The van der Waals surface area contributed by atoms with Gasteiger partial charge in [-0.3, -0.25) is 4.79 Å². The third kappa shape index (κ3) is 3.19. The number of ether oxygens (including phenoxy) is 1. The molecule has 3 aromatic rings. The Morgan fingerprint density at radius 2 is 2.21 bits per heavy atom. The van der Waals surface area contributed by atoms with Crippen molar-refractivity contribution in [1.82, 2.24) is 14.9 Å². The van der Waals surface area contributed by atoms with Crippen molar-refractivity contribution in [2.45, 2.75) is 13.0 Å². The lowest BCUT2D eigenvalue weighted by molar-refractivity contribution is 0.0942. The predicted molar refractivity (Wildman–Crippen MR) is 94.6 cm³/mol. The number of carbonyl (C=O) groups is 1. The molecule has 0 aliphatic carbocycles. The van der Waals surface area contributed by atoms with Crippen molar-refractivity contribution in [2.24, 2.45) is 7.05 Å². The molecule has 0 radical (unpaired) electrons. The number of nitrogens with one attached hydrogen (secondary N) is 1. The van der Waals surface area contributed by atoms with Crippen molar-refractivity contribution < 1.29 is 9.53 Å². The molecule has 124 valence electrons. The summed E-state index contributed by atoms with van der Waals surface area (Å²) in [6.45, 7) is 2.03. The van der Waals surface area contributed by atoms with Gasteiger partial charge in [0.25, 0.3) is 5.91 Å². The quantitative estimate of drug-likeness (QED) is 0.774. The van der Waals surface area contributed by atoms with Crippen LogP contribution >= 0.6 is 11.3 Å². The number of rotatable bonds is 5. The fraction of sp³-hybridized carbons (Fsp3) is 0.222. The average Bonchev–Trinajstić information content (AvgIpc) is 3.21. The van der Waals surface area contributed by atoms with Gasteiger partial charge in [0.15, 0.2) is 0 Å². The number of aromatic nitrogens is 2. The average molecular weight is 341 g/mol. The van der Waals surface area contributed by atoms with Crippen LogP contribution in [0.25, 0.3) is 0 Å². The van der Waals surface area contributed by atoms with Crippen LogP contribution < -0.4 is 10.1 Å². The molecular formula is C18H19N3O2S. The number of methoxy groups -OCH3 is 1.